The van der Waals surface area contributed by atoms with Crippen molar-refractivity contribution in [1.82, 2.24) is 0 Å². The van der Waals surface area contributed by atoms with Crippen molar-refractivity contribution in [3.8, 4) is 0 Å². The lowest BCUT2D eigenvalue weighted by molar-refractivity contribution is -0.120. The van der Waals surface area contributed by atoms with Crippen LogP contribution in [0.1, 0.15) is 26.3 Å². The molecule has 0 saturated heterocycles. The van der Waals surface area contributed by atoms with E-state index in [4.69, 9.17) is 17.3 Å². The molecule has 0 spiro atoms. The number of hydrogen-bond acceptors (Lipinski definition) is 7. The van der Waals surface area contributed by atoms with Gasteiger partial charge in [-0.15, -0.1) is 0 Å². The van der Waals surface area contributed by atoms with E-state index in [0.29, 0.717) is 22.5 Å². The van der Waals surface area contributed by atoms with Crippen LogP contribution in [0, 0.1) is 0 Å². The van der Waals surface area contributed by atoms with Gasteiger partial charge in [0.2, 0.25) is 11.8 Å². The number of rotatable bonds is 8. The molecule has 1 aliphatic rings. The Hall–Kier alpha value is -4.96. The summed E-state index contributed by atoms with van der Waals surface area (Å²) in [5.41, 5.74) is 7.45. The molecule has 192 valence electrons. The third-order valence-electron chi connectivity index (χ3n) is 5.59. The highest BCUT2D eigenvalue weighted by Crippen LogP contribution is 2.30. The number of carbonyl (C=O) groups excluding carboxylic acids is 5. The Bertz CT molecular complexity index is 1480. The lowest BCUT2D eigenvalue weighted by atomic mass is 10.1. The van der Waals surface area contributed by atoms with E-state index in [1.165, 1.54) is 43.5 Å². The summed E-state index contributed by atoms with van der Waals surface area (Å²) in [6.45, 7) is 0. The lowest BCUT2D eigenvalue weighted by Gasteiger charge is -2.16. The highest BCUT2D eigenvalue weighted by molar-refractivity contribution is 6.53. The normalized spacial score (nSPS) is 12.9. The largest absolute Gasteiger partial charge is 0.465 e. The van der Waals surface area contributed by atoms with Crippen molar-refractivity contribution in [1.29, 1.82) is 0 Å². The zero-order valence-electron chi connectivity index (χ0n) is 20.0. The zero-order chi connectivity index (χ0) is 27.4. The number of hydrogen-bond donors (Lipinski definition) is 3. The van der Waals surface area contributed by atoms with Crippen LogP contribution >= 0.6 is 11.6 Å². The Morgan fingerprint density at radius 2 is 1.55 bits per heavy atom. The number of carbonyl (C=O) groups is 5. The smallest absolute Gasteiger partial charge is 0.337 e. The second-order valence-electron chi connectivity index (χ2n) is 8.17. The van der Waals surface area contributed by atoms with Crippen LogP contribution in [0.2, 0.25) is 0 Å². The summed E-state index contributed by atoms with van der Waals surface area (Å²) in [6, 6.07) is 18.7. The molecular weight excluding hydrogens is 512 g/mol. The average molecular weight is 533 g/mol. The monoisotopic (exact) mass is 532 g/mol. The minimum absolute atomic E-state index is 0.0725. The quantitative estimate of drug-likeness (QED) is 0.298. The van der Waals surface area contributed by atoms with E-state index in [-0.39, 0.29) is 34.3 Å². The number of nitrogens with zero attached hydrogens (tertiary/aromatic N) is 1. The fourth-order valence-electron chi connectivity index (χ4n) is 3.69. The first-order valence-electron chi connectivity index (χ1n) is 11.2. The number of nitrogens with one attached hydrogen (secondary N) is 2. The number of esters is 1. The maximum absolute atomic E-state index is 13.0. The number of anilines is 3. The third kappa shape index (κ3) is 5.55. The Morgan fingerprint density at radius 1 is 0.895 bits per heavy atom. The molecular formula is C27H21ClN4O6. The van der Waals surface area contributed by atoms with Crippen molar-refractivity contribution in [3.63, 3.8) is 0 Å². The third-order valence-corrected chi connectivity index (χ3v) is 5.94. The van der Waals surface area contributed by atoms with Crippen LogP contribution in [0.4, 0.5) is 17.1 Å². The molecule has 0 saturated carbocycles. The fraction of sp³-hybridized carbons (Fsp3) is 0.0741. The predicted molar refractivity (Wildman–Crippen MR) is 141 cm³/mol. The number of amides is 4. The van der Waals surface area contributed by atoms with Crippen LogP contribution in [-0.2, 0) is 25.5 Å². The molecule has 0 radical (unpaired) electrons. The van der Waals surface area contributed by atoms with Crippen molar-refractivity contribution in [2.45, 2.75) is 6.42 Å². The Labute approximate surface area is 222 Å². The van der Waals surface area contributed by atoms with E-state index in [2.05, 4.69) is 15.4 Å². The zero-order valence-corrected chi connectivity index (χ0v) is 20.7. The first-order chi connectivity index (χ1) is 18.2. The summed E-state index contributed by atoms with van der Waals surface area (Å²) in [5, 5.41) is 5.29. The number of halogens is 1. The Morgan fingerprint density at radius 3 is 2.18 bits per heavy atom. The van der Waals surface area contributed by atoms with E-state index in [1.807, 2.05) is 0 Å². The first-order valence-corrected chi connectivity index (χ1v) is 11.6. The van der Waals surface area contributed by atoms with E-state index in [9.17, 15) is 24.0 Å². The van der Waals surface area contributed by atoms with Crippen molar-refractivity contribution >= 4 is 58.3 Å². The van der Waals surface area contributed by atoms with E-state index in [0.717, 1.165) is 4.90 Å². The van der Waals surface area contributed by atoms with E-state index >= 15 is 0 Å². The summed E-state index contributed by atoms with van der Waals surface area (Å²) in [5.74, 6) is -2.87. The summed E-state index contributed by atoms with van der Waals surface area (Å²) in [7, 11) is 1.23. The van der Waals surface area contributed by atoms with Crippen molar-refractivity contribution in [3.05, 3.63) is 100 Å². The van der Waals surface area contributed by atoms with Crippen LogP contribution in [0.5, 0.6) is 0 Å². The molecule has 3 aromatic rings. The molecule has 3 aromatic carbocycles. The molecule has 1 aliphatic heterocycles. The molecule has 1 heterocycles. The summed E-state index contributed by atoms with van der Waals surface area (Å²) >= 11 is 6.19. The topological polar surface area (TPSA) is 148 Å². The second kappa shape index (κ2) is 11.0. The molecule has 4 rings (SSSR count). The van der Waals surface area contributed by atoms with Crippen LogP contribution in [0.15, 0.2) is 83.5 Å². The van der Waals surface area contributed by atoms with Gasteiger partial charge in [-0.2, -0.15) is 0 Å². The van der Waals surface area contributed by atoms with Crippen LogP contribution in [0.25, 0.3) is 0 Å². The van der Waals surface area contributed by atoms with Gasteiger partial charge in [0.1, 0.15) is 10.7 Å². The van der Waals surface area contributed by atoms with Gasteiger partial charge in [0, 0.05) is 16.9 Å². The maximum atomic E-state index is 13.0. The van der Waals surface area contributed by atoms with Crippen LogP contribution in [0.3, 0.4) is 0 Å². The van der Waals surface area contributed by atoms with Gasteiger partial charge in [-0.25, -0.2) is 9.69 Å². The van der Waals surface area contributed by atoms with Gasteiger partial charge in [-0.3, -0.25) is 19.2 Å². The number of imide groups is 1. The molecule has 0 aromatic heterocycles. The summed E-state index contributed by atoms with van der Waals surface area (Å²) < 4.78 is 4.69. The van der Waals surface area contributed by atoms with E-state index < -0.39 is 23.7 Å². The van der Waals surface area contributed by atoms with Crippen LogP contribution in [-0.4, -0.2) is 36.7 Å². The minimum Gasteiger partial charge on any atom is -0.465 e. The Balaban J connectivity index is 1.41. The lowest BCUT2D eigenvalue weighted by Crippen LogP contribution is -2.32. The van der Waals surface area contributed by atoms with E-state index in [1.54, 1.807) is 36.4 Å². The van der Waals surface area contributed by atoms with Crippen LogP contribution < -0.4 is 21.3 Å². The number of ether oxygens (including phenoxy) is 1. The predicted octanol–water partition coefficient (Wildman–Crippen LogP) is 3.19. The molecule has 0 atom stereocenters. The minimum atomic E-state index is -0.738. The average Bonchev–Trinajstić information content (AvgIpc) is 3.12. The molecule has 4 amide bonds. The standard InChI is InChI=1S/C27H21ClN4O6/c1-38-27(37)17-3-2-4-20(14-17)32-25(35)22(28)23(26(32)36)31-19-9-5-15(6-10-19)13-21(33)30-18-11-7-16(8-12-18)24(29)34/h2-12,14,31H,13H2,1H3,(H2,29,34)(H,30,33). The molecule has 0 aliphatic carbocycles. The highest BCUT2D eigenvalue weighted by Gasteiger charge is 2.39. The van der Waals surface area contributed by atoms with Crippen molar-refractivity contribution in [2.75, 3.05) is 22.6 Å². The van der Waals surface area contributed by atoms with Gasteiger partial charge >= 0.3 is 5.97 Å². The molecule has 10 nitrogen and oxygen atoms in total. The molecule has 38 heavy (non-hydrogen) atoms. The fourth-order valence-corrected chi connectivity index (χ4v) is 3.91. The van der Waals surface area contributed by atoms with Gasteiger partial charge in [-0.1, -0.05) is 29.8 Å². The van der Waals surface area contributed by atoms with Gasteiger partial charge < -0.3 is 21.1 Å². The van der Waals surface area contributed by atoms with Crippen molar-refractivity contribution in [2.24, 2.45) is 5.73 Å². The van der Waals surface area contributed by atoms with Gasteiger partial charge in [-0.05, 0) is 60.2 Å². The maximum Gasteiger partial charge on any atom is 0.337 e. The molecule has 4 N–H and O–H groups in total. The van der Waals surface area contributed by atoms with Crippen molar-refractivity contribution < 1.29 is 28.7 Å². The first kappa shape index (κ1) is 26.1. The number of primary amides is 1. The second-order valence-corrected chi connectivity index (χ2v) is 8.54. The summed E-state index contributed by atoms with van der Waals surface area (Å²) in [6.07, 6.45) is 0.0725. The SMILES string of the molecule is COC(=O)c1cccc(N2C(=O)C(Cl)=C(Nc3ccc(CC(=O)Nc4ccc(C(N)=O)cc4)cc3)C2=O)c1. The molecule has 0 unspecified atom stereocenters. The van der Waals surface area contributed by atoms with Gasteiger partial charge in [0.15, 0.2) is 0 Å². The molecule has 0 fully saturated rings. The number of benzene rings is 3. The molecule has 0 bridgehead atoms. The highest BCUT2D eigenvalue weighted by atomic mass is 35.5. The molecule has 11 heteroatoms. The van der Waals surface area contributed by atoms with Gasteiger partial charge in [0.25, 0.3) is 11.8 Å². The number of nitrogens with two attached hydrogens (primary N) is 1. The van der Waals surface area contributed by atoms with Gasteiger partial charge in [0.05, 0.1) is 24.8 Å². The number of methoxy groups -OCH3 is 1. The summed E-state index contributed by atoms with van der Waals surface area (Å²) in [4.78, 5) is 62.0. The Kier molecular flexibility index (Phi) is 7.54.